The zero-order valence-electron chi connectivity index (χ0n) is 9.40. The van der Waals surface area contributed by atoms with Gasteiger partial charge in [0.15, 0.2) is 0 Å². The Morgan fingerprint density at radius 1 is 0.933 bits per heavy atom. The average molecular weight is 209 g/mol. The van der Waals surface area contributed by atoms with E-state index in [-0.39, 0.29) is 5.95 Å². The van der Waals surface area contributed by atoms with E-state index in [1.165, 1.54) is 31.3 Å². The molecule has 2 aliphatic rings. The molecule has 0 N–H and O–H groups in total. The van der Waals surface area contributed by atoms with Crippen molar-refractivity contribution in [2.75, 3.05) is 13.1 Å². The second-order valence-electron chi connectivity index (χ2n) is 4.63. The fourth-order valence-corrected chi connectivity index (χ4v) is 2.42. The number of halogens is 1. The van der Waals surface area contributed by atoms with Crippen LogP contribution in [0.3, 0.4) is 0 Å². The summed E-state index contributed by atoms with van der Waals surface area (Å²) in [5.41, 5.74) is 4.18. The topological polar surface area (TPSA) is 3.24 Å². The number of allylic oxidation sites excluding steroid dienone is 1. The van der Waals surface area contributed by atoms with Crippen LogP contribution in [0.2, 0.25) is 0 Å². The van der Waals surface area contributed by atoms with Crippen LogP contribution < -0.4 is 0 Å². The molecule has 0 radical (unpaired) electrons. The SMILES string of the molecule is FC(=C=C1CCCCC1)N1CCCCC1. The smallest absolute Gasteiger partial charge is 0.233 e. The maximum Gasteiger partial charge on any atom is 0.233 e. The van der Waals surface area contributed by atoms with E-state index in [1.807, 2.05) is 4.90 Å². The highest BCUT2D eigenvalue weighted by atomic mass is 19.1. The summed E-state index contributed by atoms with van der Waals surface area (Å²) in [7, 11) is 0. The number of nitrogens with zero attached hydrogens (tertiary/aromatic N) is 1. The summed E-state index contributed by atoms with van der Waals surface area (Å²) in [6.45, 7) is 1.76. The number of hydrogen-bond donors (Lipinski definition) is 0. The lowest BCUT2D eigenvalue weighted by Gasteiger charge is -2.25. The van der Waals surface area contributed by atoms with Gasteiger partial charge in [-0.2, -0.15) is 4.39 Å². The van der Waals surface area contributed by atoms with Crippen molar-refractivity contribution in [3.63, 3.8) is 0 Å². The van der Waals surface area contributed by atoms with E-state index in [2.05, 4.69) is 5.73 Å². The van der Waals surface area contributed by atoms with Crippen LogP contribution in [0.15, 0.2) is 17.3 Å². The van der Waals surface area contributed by atoms with Gasteiger partial charge in [-0.15, -0.1) is 0 Å². The summed E-state index contributed by atoms with van der Waals surface area (Å²) in [5, 5.41) is 0. The Kier molecular flexibility index (Phi) is 3.85. The van der Waals surface area contributed by atoms with Crippen molar-refractivity contribution >= 4 is 0 Å². The highest BCUT2D eigenvalue weighted by Crippen LogP contribution is 2.23. The molecule has 0 bridgehead atoms. The van der Waals surface area contributed by atoms with Crippen molar-refractivity contribution in [1.82, 2.24) is 4.90 Å². The molecule has 2 heteroatoms. The van der Waals surface area contributed by atoms with E-state index < -0.39 is 0 Å². The predicted octanol–water partition coefficient (Wildman–Crippen LogP) is 3.77. The molecule has 1 saturated heterocycles. The van der Waals surface area contributed by atoms with Gasteiger partial charge in [0.25, 0.3) is 0 Å². The van der Waals surface area contributed by atoms with Crippen LogP contribution in [0.1, 0.15) is 51.4 Å². The van der Waals surface area contributed by atoms with Crippen molar-refractivity contribution in [1.29, 1.82) is 0 Å². The normalized spacial score (nSPS) is 22.5. The lowest BCUT2D eigenvalue weighted by molar-refractivity contribution is 0.230. The first-order valence-corrected chi connectivity index (χ1v) is 6.25. The molecule has 0 aromatic carbocycles. The van der Waals surface area contributed by atoms with Gasteiger partial charge in [0.05, 0.1) is 0 Å². The van der Waals surface area contributed by atoms with Crippen molar-refractivity contribution in [3.05, 3.63) is 17.3 Å². The monoisotopic (exact) mass is 209 g/mol. The lowest BCUT2D eigenvalue weighted by Crippen LogP contribution is -2.27. The molecule has 0 spiro atoms. The molecule has 1 heterocycles. The molecule has 15 heavy (non-hydrogen) atoms. The Bertz CT molecular complexity index is 262. The van der Waals surface area contributed by atoms with Crippen molar-refractivity contribution in [2.24, 2.45) is 0 Å². The molecule has 0 unspecified atom stereocenters. The summed E-state index contributed by atoms with van der Waals surface area (Å²) < 4.78 is 13.8. The molecular weight excluding hydrogens is 189 g/mol. The number of likely N-dealkylation sites (tertiary alicyclic amines) is 1. The third kappa shape index (κ3) is 3.10. The third-order valence-electron chi connectivity index (χ3n) is 3.37. The maximum atomic E-state index is 13.8. The molecule has 2 rings (SSSR count). The van der Waals surface area contributed by atoms with Gasteiger partial charge >= 0.3 is 0 Å². The Hall–Kier alpha value is -0.750. The summed E-state index contributed by atoms with van der Waals surface area (Å²) in [4.78, 5) is 1.85. The fourth-order valence-electron chi connectivity index (χ4n) is 2.42. The van der Waals surface area contributed by atoms with Crippen LogP contribution in [0.4, 0.5) is 4.39 Å². The van der Waals surface area contributed by atoms with Gasteiger partial charge in [-0.3, -0.25) is 0 Å². The molecule has 1 aliphatic heterocycles. The van der Waals surface area contributed by atoms with E-state index in [9.17, 15) is 4.39 Å². The van der Waals surface area contributed by atoms with E-state index in [0.717, 1.165) is 38.8 Å². The Labute approximate surface area is 91.7 Å². The van der Waals surface area contributed by atoms with Crippen LogP contribution >= 0.6 is 0 Å². The first-order valence-electron chi connectivity index (χ1n) is 6.25. The van der Waals surface area contributed by atoms with Gasteiger partial charge < -0.3 is 4.90 Å². The third-order valence-corrected chi connectivity index (χ3v) is 3.37. The molecule has 1 saturated carbocycles. The predicted molar refractivity (Wildman–Crippen MR) is 60.2 cm³/mol. The highest BCUT2D eigenvalue weighted by Gasteiger charge is 2.13. The minimum Gasteiger partial charge on any atom is -0.342 e. The Balaban J connectivity index is 2.02. The van der Waals surface area contributed by atoms with Gasteiger partial charge in [-0.25, -0.2) is 0 Å². The van der Waals surface area contributed by atoms with Gasteiger partial charge in [0.1, 0.15) is 0 Å². The van der Waals surface area contributed by atoms with E-state index in [1.54, 1.807) is 0 Å². The van der Waals surface area contributed by atoms with Crippen LogP contribution in [-0.4, -0.2) is 18.0 Å². The summed E-state index contributed by atoms with van der Waals surface area (Å²) in [6, 6.07) is 0. The molecule has 84 valence electrons. The second-order valence-corrected chi connectivity index (χ2v) is 4.63. The number of rotatable bonds is 1. The van der Waals surface area contributed by atoms with E-state index >= 15 is 0 Å². The number of piperidine rings is 1. The molecule has 0 aromatic heterocycles. The largest absolute Gasteiger partial charge is 0.342 e. The minimum atomic E-state index is -0.105. The fraction of sp³-hybridized carbons (Fsp3) is 0.769. The molecule has 0 aromatic rings. The first kappa shape index (κ1) is 10.8. The molecule has 0 atom stereocenters. The van der Waals surface area contributed by atoms with Crippen LogP contribution in [-0.2, 0) is 0 Å². The average Bonchev–Trinajstić information content (AvgIpc) is 2.31. The standard InChI is InChI=1S/C13H20FN/c14-13(15-9-5-2-6-10-15)11-12-7-3-1-4-8-12/h1-10H2. The maximum absolute atomic E-state index is 13.8. The Morgan fingerprint density at radius 2 is 1.53 bits per heavy atom. The molecule has 2 fully saturated rings. The van der Waals surface area contributed by atoms with Gasteiger partial charge in [-0.05, 0) is 50.5 Å². The van der Waals surface area contributed by atoms with Crippen LogP contribution in [0, 0.1) is 0 Å². The van der Waals surface area contributed by atoms with Crippen molar-refractivity contribution in [3.8, 4) is 0 Å². The van der Waals surface area contributed by atoms with E-state index in [4.69, 9.17) is 0 Å². The van der Waals surface area contributed by atoms with Crippen molar-refractivity contribution < 1.29 is 4.39 Å². The highest BCUT2D eigenvalue weighted by molar-refractivity contribution is 5.06. The zero-order chi connectivity index (χ0) is 10.5. The Morgan fingerprint density at radius 3 is 2.20 bits per heavy atom. The van der Waals surface area contributed by atoms with Crippen LogP contribution in [0.5, 0.6) is 0 Å². The van der Waals surface area contributed by atoms with Gasteiger partial charge in [0.2, 0.25) is 5.95 Å². The molecule has 1 nitrogen and oxygen atoms in total. The quantitative estimate of drug-likeness (QED) is 0.469. The first-order chi connectivity index (χ1) is 7.36. The summed E-state index contributed by atoms with van der Waals surface area (Å²) in [5.74, 6) is -0.105. The zero-order valence-corrected chi connectivity index (χ0v) is 9.40. The second kappa shape index (κ2) is 5.37. The molecular formula is C13H20FN. The molecule has 1 aliphatic carbocycles. The minimum absolute atomic E-state index is 0.105. The van der Waals surface area contributed by atoms with Crippen LogP contribution in [0.25, 0.3) is 0 Å². The summed E-state index contributed by atoms with van der Waals surface area (Å²) >= 11 is 0. The van der Waals surface area contributed by atoms with Gasteiger partial charge in [0, 0.05) is 13.1 Å². The van der Waals surface area contributed by atoms with Gasteiger partial charge in [-0.1, -0.05) is 12.2 Å². The van der Waals surface area contributed by atoms with E-state index in [0.29, 0.717) is 0 Å². The lowest BCUT2D eigenvalue weighted by atomic mass is 9.96. The summed E-state index contributed by atoms with van der Waals surface area (Å²) in [6.07, 6.45) is 9.36. The number of hydrogen-bond acceptors (Lipinski definition) is 1. The molecule has 0 amide bonds. The van der Waals surface area contributed by atoms with Crippen molar-refractivity contribution in [2.45, 2.75) is 51.4 Å².